The molecule has 2 aliphatic heterocycles. The smallest absolute Gasteiger partial charge is 0.319 e. The summed E-state index contributed by atoms with van der Waals surface area (Å²) >= 11 is 6.08. The lowest BCUT2D eigenvalue weighted by Gasteiger charge is -2.38. The standard InChI is InChI=1S/C21H30ClN5O3/c1-24(2)21(30)27-9-7-16(8-10-27)20(29)26-13-11-25(12-14-26)15-19(28)23-18-6-4-3-5-17(18)22/h3-6,16H,7-15H2,1-2H3,(H,23,28). The Labute approximate surface area is 182 Å². The zero-order valence-corrected chi connectivity index (χ0v) is 18.4. The molecular weight excluding hydrogens is 406 g/mol. The van der Waals surface area contributed by atoms with Gasteiger partial charge in [-0.2, -0.15) is 0 Å². The second-order valence-electron chi connectivity index (χ2n) is 8.07. The van der Waals surface area contributed by atoms with Crippen LogP contribution in [0.4, 0.5) is 10.5 Å². The highest BCUT2D eigenvalue weighted by molar-refractivity contribution is 6.33. The third kappa shape index (κ3) is 5.64. The zero-order chi connectivity index (χ0) is 21.7. The number of halogens is 1. The van der Waals surface area contributed by atoms with E-state index in [9.17, 15) is 14.4 Å². The minimum Gasteiger partial charge on any atom is -0.340 e. The molecule has 0 saturated carbocycles. The van der Waals surface area contributed by atoms with Gasteiger partial charge in [-0.1, -0.05) is 23.7 Å². The van der Waals surface area contributed by atoms with Gasteiger partial charge in [0.1, 0.15) is 0 Å². The van der Waals surface area contributed by atoms with Gasteiger partial charge in [0.15, 0.2) is 0 Å². The molecule has 4 amide bonds. The maximum atomic E-state index is 12.9. The van der Waals surface area contributed by atoms with Crippen molar-refractivity contribution in [3.8, 4) is 0 Å². The van der Waals surface area contributed by atoms with Gasteiger partial charge in [0, 0.05) is 59.3 Å². The van der Waals surface area contributed by atoms with Crippen molar-refractivity contribution in [2.24, 2.45) is 5.92 Å². The third-order valence-electron chi connectivity index (χ3n) is 5.70. The fraction of sp³-hybridized carbons (Fsp3) is 0.571. The molecule has 1 N–H and O–H groups in total. The van der Waals surface area contributed by atoms with Crippen molar-refractivity contribution in [1.29, 1.82) is 0 Å². The van der Waals surface area contributed by atoms with E-state index in [4.69, 9.17) is 11.6 Å². The number of benzene rings is 1. The number of nitrogens with zero attached hydrogens (tertiary/aromatic N) is 4. The number of para-hydroxylation sites is 1. The van der Waals surface area contributed by atoms with Crippen LogP contribution in [0, 0.1) is 5.92 Å². The Balaban J connectivity index is 1.41. The monoisotopic (exact) mass is 435 g/mol. The molecule has 2 saturated heterocycles. The number of rotatable bonds is 4. The number of likely N-dealkylation sites (tertiary alicyclic amines) is 1. The number of piperidine rings is 1. The van der Waals surface area contributed by atoms with Gasteiger partial charge < -0.3 is 20.0 Å². The van der Waals surface area contributed by atoms with Gasteiger partial charge in [-0.3, -0.25) is 14.5 Å². The molecule has 164 valence electrons. The van der Waals surface area contributed by atoms with Crippen LogP contribution in [0.25, 0.3) is 0 Å². The second-order valence-corrected chi connectivity index (χ2v) is 8.47. The Hall–Kier alpha value is -2.32. The van der Waals surface area contributed by atoms with Gasteiger partial charge >= 0.3 is 6.03 Å². The summed E-state index contributed by atoms with van der Waals surface area (Å²) in [6.45, 7) is 4.09. The van der Waals surface area contributed by atoms with Crippen LogP contribution in [0.1, 0.15) is 12.8 Å². The SMILES string of the molecule is CN(C)C(=O)N1CCC(C(=O)N2CCN(CC(=O)Nc3ccccc3Cl)CC2)CC1. The predicted molar refractivity (Wildman–Crippen MR) is 116 cm³/mol. The van der Waals surface area contributed by atoms with E-state index in [1.807, 2.05) is 21.9 Å². The van der Waals surface area contributed by atoms with Gasteiger partial charge in [0.05, 0.1) is 17.3 Å². The third-order valence-corrected chi connectivity index (χ3v) is 6.03. The first-order chi connectivity index (χ1) is 14.3. The average Bonchev–Trinajstić information content (AvgIpc) is 2.75. The first-order valence-electron chi connectivity index (χ1n) is 10.4. The fourth-order valence-electron chi connectivity index (χ4n) is 3.94. The lowest BCUT2D eigenvalue weighted by atomic mass is 9.95. The quantitative estimate of drug-likeness (QED) is 0.782. The summed E-state index contributed by atoms with van der Waals surface area (Å²) in [5, 5.41) is 3.35. The number of anilines is 1. The van der Waals surface area contributed by atoms with Crippen molar-refractivity contribution in [2.45, 2.75) is 12.8 Å². The summed E-state index contributed by atoms with van der Waals surface area (Å²) in [5.74, 6) is 0.0409. The fourth-order valence-corrected chi connectivity index (χ4v) is 4.12. The highest BCUT2D eigenvalue weighted by atomic mass is 35.5. The molecule has 9 heteroatoms. The van der Waals surface area contributed by atoms with Gasteiger partial charge in [0.2, 0.25) is 11.8 Å². The molecular formula is C21H30ClN5O3. The Morgan fingerprint density at radius 1 is 1.00 bits per heavy atom. The highest BCUT2D eigenvalue weighted by Crippen LogP contribution is 2.22. The molecule has 1 aromatic carbocycles. The molecule has 0 atom stereocenters. The van der Waals surface area contributed by atoms with Gasteiger partial charge in [-0.25, -0.2) is 4.79 Å². The van der Waals surface area contributed by atoms with Gasteiger partial charge in [0.25, 0.3) is 0 Å². The van der Waals surface area contributed by atoms with Crippen LogP contribution in [0.5, 0.6) is 0 Å². The first kappa shape index (κ1) is 22.4. The maximum absolute atomic E-state index is 12.9. The summed E-state index contributed by atoms with van der Waals surface area (Å²) in [5.41, 5.74) is 0.608. The number of hydrogen-bond donors (Lipinski definition) is 1. The number of hydrogen-bond acceptors (Lipinski definition) is 4. The van der Waals surface area contributed by atoms with Crippen LogP contribution in [-0.2, 0) is 9.59 Å². The molecule has 8 nitrogen and oxygen atoms in total. The van der Waals surface area contributed by atoms with E-state index in [0.29, 0.717) is 62.8 Å². The molecule has 0 bridgehead atoms. The summed E-state index contributed by atoms with van der Waals surface area (Å²) in [4.78, 5) is 44.5. The number of nitrogens with one attached hydrogen (secondary N) is 1. The lowest BCUT2D eigenvalue weighted by molar-refractivity contribution is -0.138. The van der Waals surface area contributed by atoms with Gasteiger partial charge in [-0.15, -0.1) is 0 Å². The summed E-state index contributed by atoms with van der Waals surface area (Å²) in [6, 6.07) is 7.16. The van der Waals surface area contributed by atoms with E-state index < -0.39 is 0 Å². The topological polar surface area (TPSA) is 76.2 Å². The number of urea groups is 1. The van der Waals surface area contributed by atoms with Crippen LogP contribution in [0.15, 0.2) is 24.3 Å². The molecule has 2 heterocycles. The number of carbonyl (C=O) groups is 3. The number of piperazine rings is 1. The molecule has 3 rings (SSSR count). The summed E-state index contributed by atoms with van der Waals surface area (Å²) < 4.78 is 0. The Morgan fingerprint density at radius 2 is 1.63 bits per heavy atom. The van der Waals surface area contributed by atoms with Gasteiger partial charge in [-0.05, 0) is 25.0 Å². The van der Waals surface area contributed by atoms with Crippen LogP contribution in [-0.4, -0.2) is 97.4 Å². The molecule has 30 heavy (non-hydrogen) atoms. The second kappa shape index (κ2) is 10.1. The van der Waals surface area contributed by atoms with Crippen molar-refractivity contribution in [2.75, 3.05) is 65.2 Å². The van der Waals surface area contributed by atoms with Crippen LogP contribution in [0.2, 0.25) is 5.02 Å². The van der Waals surface area contributed by atoms with E-state index in [1.54, 1.807) is 36.0 Å². The van der Waals surface area contributed by atoms with Crippen LogP contribution in [0.3, 0.4) is 0 Å². The highest BCUT2D eigenvalue weighted by Gasteiger charge is 2.32. The van der Waals surface area contributed by atoms with E-state index in [0.717, 1.165) is 0 Å². The Bertz CT molecular complexity index is 772. The van der Waals surface area contributed by atoms with E-state index in [-0.39, 0.29) is 30.3 Å². The van der Waals surface area contributed by atoms with Crippen LogP contribution >= 0.6 is 11.6 Å². The van der Waals surface area contributed by atoms with Crippen molar-refractivity contribution in [3.05, 3.63) is 29.3 Å². The Morgan fingerprint density at radius 3 is 2.23 bits per heavy atom. The molecule has 0 aliphatic carbocycles. The summed E-state index contributed by atoms with van der Waals surface area (Å²) in [6.07, 6.45) is 1.41. The molecule has 1 aromatic rings. The number of carbonyl (C=O) groups excluding carboxylic acids is 3. The van der Waals surface area contributed by atoms with Crippen molar-refractivity contribution < 1.29 is 14.4 Å². The molecule has 0 spiro atoms. The molecule has 0 radical (unpaired) electrons. The molecule has 2 aliphatic rings. The largest absolute Gasteiger partial charge is 0.340 e. The molecule has 0 aromatic heterocycles. The van der Waals surface area contributed by atoms with Crippen LogP contribution < -0.4 is 5.32 Å². The summed E-state index contributed by atoms with van der Waals surface area (Å²) in [7, 11) is 3.49. The van der Waals surface area contributed by atoms with E-state index in [2.05, 4.69) is 5.32 Å². The maximum Gasteiger partial charge on any atom is 0.319 e. The van der Waals surface area contributed by atoms with Crippen molar-refractivity contribution in [3.63, 3.8) is 0 Å². The lowest BCUT2D eigenvalue weighted by Crippen LogP contribution is -2.53. The van der Waals surface area contributed by atoms with Crippen molar-refractivity contribution >= 4 is 35.1 Å². The average molecular weight is 436 g/mol. The zero-order valence-electron chi connectivity index (χ0n) is 17.6. The minimum atomic E-state index is -0.110. The predicted octanol–water partition coefficient (Wildman–Crippen LogP) is 1.82. The normalized spacial score (nSPS) is 18.2. The van der Waals surface area contributed by atoms with E-state index >= 15 is 0 Å². The Kier molecular flexibility index (Phi) is 7.55. The molecule has 2 fully saturated rings. The minimum absolute atomic E-state index is 0.00424. The number of amides is 4. The van der Waals surface area contributed by atoms with E-state index in [1.165, 1.54) is 0 Å². The first-order valence-corrected chi connectivity index (χ1v) is 10.7. The van der Waals surface area contributed by atoms with Crippen molar-refractivity contribution in [1.82, 2.24) is 19.6 Å². The molecule has 0 unspecified atom stereocenters.